The first-order chi connectivity index (χ1) is 9.99. The van der Waals surface area contributed by atoms with Crippen LogP contribution in [0, 0.1) is 18.3 Å². The molecule has 1 aliphatic rings. The number of carbonyl (C=O) groups excluding carboxylic acids is 2. The molecule has 5 nitrogen and oxygen atoms in total. The highest BCUT2D eigenvalue weighted by molar-refractivity contribution is 8.05. The van der Waals surface area contributed by atoms with Gasteiger partial charge in [0.25, 0.3) is 5.91 Å². The number of hydrogen-bond donors (Lipinski definition) is 1. The van der Waals surface area contributed by atoms with Crippen LogP contribution in [0.15, 0.2) is 34.9 Å². The molecule has 0 radical (unpaired) electrons. The average molecular weight is 301 g/mol. The Morgan fingerprint density at radius 3 is 2.52 bits per heavy atom. The first-order valence-electron chi connectivity index (χ1n) is 6.43. The lowest BCUT2D eigenvalue weighted by Gasteiger charge is -2.18. The molecule has 1 N–H and O–H groups in total. The highest BCUT2D eigenvalue weighted by Gasteiger charge is 2.38. The van der Waals surface area contributed by atoms with Crippen LogP contribution in [-0.4, -0.2) is 24.1 Å². The van der Waals surface area contributed by atoms with Crippen molar-refractivity contribution >= 4 is 29.3 Å². The van der Waals surface area contributed by atoms with E-state index in [0.29, 0.717) is 10.7 Å². The second-order valence-electron chi connectivity index (χ2n) is 4.64. The van der Waals surface area contributed by atoms with Gasteiger partial charge in [-0.25, -0.2) is 0 Å². The molecule has 0 aliphatic carbocycles. The summed E-state index contributed by atoms with van der Waals surface area (Å²) in [6, 6.07) is 9.30. The summed E-state index contributed by atoms with van der Waals surface area (Å²) in [6.07, 6.45) is 0. The van der Waals surface area contributed by atoms with E-state index in [1.54, 1.807) is 6.92 Å². The Morgan fingerprint density at radius 2 is 2.00 bits per heavy atom. The van der Waals surface area contributed by atoms with E-state index in [1.807, 2.05) is 37.3 Å². The van der Waals surface area contributed by atoms with Crippen molar-refractivity contribution in [1.82, 2.24) is 5.32 Å². The van der Waals surface area contributed by atoms with Gasteiger partial charge < -0.3 is 5.32 Å². The fraction of sp³-hybridized carbons (Fsp3) is 0.267. The predicted octanol–water partition coefficient (Wildman–Crippen LogP) is 1.94. The summed E-state index contributed by atoms with van der Waals surface area (Å²) < 4.78 is 0. The SMILES string of the molecule is CNC(=O)/C(C#N)=C1/S[C@H](C)C(=O)N1c1ccc(C)cc1. The van der Waals surface area contributed by atoms with E-state index in [4.69, 9.17) is 0 Å². The monoisotopic (exact) mass is 301 g/mol. The average Bonchev–Trinajstić information content (AvgIpc) is 2.76. The Morgan fingerprint density at radius 1 is 1.38 bits per heavy atom. The molecule has 0 spiro atoms. The lowest BCUT2D eigenvalue weighted by molar-refractivity contribution is -0.117. The molecule has 0 bridgehead atoms. The van der Waals surface area contributed by atoms with Crippen LogP contribution in [0.3, 0.4) is 0 Å². The second kappa shape index (κ2) is 6.02. The third-order valence-corrected chi connectivity index (χ3v) is 4.30. The Kier molecular flexibility index (Phi) is 4.34. The van der Waals surface area contributed by atoms with Gasteiger partial charge in [0.1, 0.15) is 16.7 Å². The fourth-order valence-corrected chi connectivity index (χ4v) is 3.08. The van der Waals surface area contributed by atoms with Crippen LogP contribution >= 0.6 is 11.8 Å². The van der Waals surface area contributed by atoms with Crippen LogP contribution in [0.4, 0.5) is 5.69 Å². The van der Waals surface area contributed by atoms with Crippen molar-refractivity contribution in [2.45, 2.75) is 19.1 Å². The number of nitrogens with one attached hydrogen (secondary N) is 1. The van der Waals surface area contributed by atoms with Gasteiger partial charge in [-0.3, -0.25) is 14.5 Å². The van der Waals surface area contributed by atoms with E-state index in [0.717, 1.165) is 5.56 Å². The quantitative estimate of drug-likeness (QED) is 0.669. The van der Waals surface area contributed by atoms with E-state index >= 15 is 0 Å². The highest BCUT2D eigenvalue weighted by Crippen LogP contribution is 2.40. The molecule has 0 saturated carbocycles. The van der Waals surface area contributed by atoms with Crippen LogP contribution in [0.25, 0.3) is 0 Å². The molecule has 2 amide bonds. The number of nitriles is 1. The number of likely N-dealkylation sites (N-methyl/N-ethyl adjacent to an activating group) is 1. The summed E-state index contributed by atoms with van der Waals surface area (Å²) in [5, 5.41) is 11.7. The van der Waals surface area contributed by atoms with E-state index in [2.05, 4.69) is 5.32 Å². The van der Waals surface area contributed by atoms with Crippen LogP contribution < -0.4 is 10.2 Å². The van der Waals surface area contributed by atoms with Crippen LogP contribution in [0.2, 0.25) is 0 Å². The van der Waals surface area contributed by atoms with Crippen molar-refractivity contribution in [2.75, 3.05) is 11.9 Å². The van der Waals surface area contributed by atoms with E-state index < -0.39 is 5.91 Å². The zero-order valence-corrected chi connectivity index (χ0v) is 12.8. The molecule has 0 unspecified atom stereocenters. The van der Waals surface area contributed by atoms with Gasteiger partial charge in [-0.05, 0) is 26.0 Å². The summed E-state index contributed by atoms with van der Waals surface area (Å²) in [5.74, 6) is -0.616. The Balaban J connectivity index is 2.57. The van der Waals surface area contributed by atoms with Crippen molar-refractivity contribution in [3.8, 4) is 6.07 Å². The summed E-state index contributed by atoms with van der Waals surface area (Å²) in [4.78, 5) is 25.6. The van der Waals surface area contributed by atoms with Gasteiger partial charge in [0.15, 0.2) is 0 Å². The fourth-order valence-electron chi connectivity index (χ4n) is 1.98. The summed E-state index contributed by atoms with van der Waals surface area (Å²) in [6.45, 7) is 3.72. The minimum atomic E-state index is -0.487. The molecule has 1 atom stereocenters. The molecule has 21 heavy (non-hydrogen) atoms. The molecular formula is C15H15N3O2S. The third kappa shape index (κ3) is 2.78. The molecule has 1 fully saturated rings. The zero-order chi connectivity index (χ0) is 15.6. The van der Waals surface area contributed by atoms with Crippen LogP contribution in [0.5, 0.6) is 0 Å². The van der Waals surface area contributed by atoms with Crippen molar-refractivity contribution in [1.29, 1.82) is 5.26 Å². The topological polar surface area (TPSA) is 73.2 Å². The smallest absolute Gasteiger partial charge is 0.264 e. The summed E-state index contributed by atoms with van der Waals surface area (Å²) in [5.41, 5.74) is 1.69. The van der Waals surface area contributed by atoms with E-state index in [-0.39, 0.29) is 16.7 Å². The predicted molar refractivity (Wildman–Crippen MR) is 82.4 cm³/mol. The van der Waals surface area contributed by atoms with Gasteiger partial charge in [0.05, 0.1) is 5.25 Å². The lowest BCUT2D eigenvalue weighted by atomic mass is 10.2. The molecule has 1 saturated heterocycles. The van der Waals surface area contributed by atoms with E-state index in [1.165, 1.54) is 23.7 Å². The number of carbonyl (C=O) groups is 2. The number of amides is 2. The molecule has 1 aliphatic heterocycles. The van der Waals surface area contributed by atoms with Crippen LogP contribution in [0.1, 0.15) is 12.5 Å². The first-order valence-corrected chi connectivity index (χ1v) is 7.31. The zero-order valence-electron chi connectivity index (χ0n) is 12.0. The molecule has 0 aromatic heterocycles. The second-order valence-corrected chi connectivity index (χ2v) is 5.97. The van der Waals surface area contributed by atoms with Crippen molar-refractivity contribution < 1.29 is 9.59 Å². The lowest BCUT2D eigenvalue weighted by Crippen LogP contribution is -2.29. The largest absolute Gasteiger partial charge is 0.354 e. The summed E-state index contributed by atoms with van der Waals surface area (Å²) in [7, 11) is 1.46. The number of anilines is 1. The van der Waals surface area contributed by atoms with Gasteiger partial charge >= 0.3 is 0 Å². The number of rotatable bonds is 2. The minimum absolute atomic E-state index is 0.0409. The van der Waals surface area contributed by atoms with Crippen LogP contribution in [-0.2, 0) is 9.59 Å². The maximum absolute atomic E-state index is 12.4. The van der Waals surface area contributed by atoms with Gasteiger partial charge in [-0.1, -0.05) is 29.5 Å². The van der Waals surface area contributed by atoms with Crippen molar-refractivity contribution in [3.63, 3.8) is 0 Å². The molecule has 1 heterocycles. The molecular weight excluding hydrogens is 286 g/mol. The van der Waals surface area contributed by atoms with Crippen molar-refractivity contribution in [2.24, 2.45) is 0 Å². The standard InChI is InChI=1S/C15H15N3O2S/c1-9-4-6-11(7-5-9)18-14(20)10(2)21-15(18)12(8-16)13(19)17-3/h4-7,10H,1-3H3,(H,17,19)/b15-12+/t10-/m1/s1. The minimum Gasteiger partial charge on any atom is -0.354 e. The number of nitrogens with zero attached hydrogens (tertiary/aromatic N) is 2. The van der Waals surface area contributed by atoms with E-state index in [9.17, 15) is 14.9 Å². The molecule has 108 valence electrons. The Bertz CT molecular complexity index is 658. The van der Waals surface area contributed by atoms with Crippen molar-refractivity contribution in [3.05, 3.63) is 40.4 Å². The normalized spacial score (nSPS) is 20.2. The molecule has 2 rings (SSSR count). The number of thioether (sulfide) groups is 1. The number of benzene rings is 1. The Hall–Kier alpha value is -2.26. The summed E-state index contributed by atoms with van der Waals surface area (Å²) >= 11 is 1.23. The first kappa shape index (κ1) is 15.1. The maximum atomic E-state index is 12.4. The van der Waals surface area contributed by atoms with Gasteiger partial charge in [0.2, 0.25) is 5.91 Å². The molecule has 1 aromatic rings. The molecule has 1 aromatic carbocycles. The van der Waals surface area contributed by atoms with Gasteiger partial charge in [-0.2, -0.15) is 5.26 Å². The third-order valence-electron chi connectivity index (χ3n) is 3.13. The number of hydrogen-bond acceptors (Lipinski definition) is 4. The maximum Gasteiger partial charge on any atom is 0.264 e. The highest BCUT2D eigenvalue weighted by atomic mass is 32.2. The van der Waals surface area contributed by atoms with Gasteiger partial charge in [-0.15, -0.1) is 0 Å². The Labute approximate surface area is 127 Å². The number of aryl methyl sites for hydroxylation is 1. The molecule has 6 heteroatoms. The van der Waals surface area contributed by atoms with Gasteiger partial charge in [0, 0.05) is 12.7 Å².